The third kappa shape index (κ3) is 4.75. The SMILES string of the molecule is CCc1[nH]c(C(=O)NCCN2C(=O)S/C(=C\c3ccc(F)cc3)C2=O)c(C)c1C(=O)OC. The molecule has 0 radical (unpaired) electrons. The molecule has 0 aliphatic carbocycles. The maximum Gasteiger partial charge on any atom is 0.339 e. The molecule has 2 heterocycles. The number of methoxy groups -OCH3 is 1. The lowest BCUT2D eigenvalue weighted by Crippen LogP contribution is -2.37. The zero-order valence-corrected chi connectivity index (χ0v) is 18.6. The molecule has 2 aromatic rings. The zero-order chi connectivity index (χ0) is 23.4. The summed E-state index contributed by atoms with van der Waals surface area (Å²) in [5, 5.41) is 2.21. The Hall–Kier alpha value is -3.40. The maximum atomic E-state index is 13.0. The molecule has 1 saturated heterocycles. The summed E-state index contributed by atoms with van der Waals surface area (Å²) in [6.45, 7) is 3.52. The van der Waals surface area contributed by atoms with Crippen LogP contribution < -0.4 is 5.32 Å². The van der Waals surface area contributed by atoms with E-state index in [4.69, 9.17) is 4.74 Å². The van der Waals surface area contributed by atoms with Crippen LogP contribution in [0.15, 0.2) is 29.2 Å². The molecule has 168 valence electrons. The number of carbonyl (C=O) groups is 4. The molecular formula is C22H22FN3O5S. The minimum absolute atomic E-state index is 0.0125. The highest BCUT2D eigenvalue weighted by atomic mass is 32.2. The lowest BCUT2D eigenvalue weighted by atomic mass is 10.1. The first-order valence-electron chi connectivity index (χ1n) is 9.85. The summed E-state index contributed by atoms with van der Waals surface area (Å²) < 4.78 is 17.8. The van der Waals surface area contributed by atoms with E-state index in [0.29, 0.717) is 28.8 Å². The average Bonchev–Trinajstić information content (AvgIpc) is 3.25. The number of aryl methyl sites for hydroxylation is 1. The van der Waals surface area contributed by atoms with Gasteiger partial charge >= 0.3 is 5.97 Å². The smallest absolute Gasteiger partial charge is 0.339 e. The maximum absolute atomic E-state index is 13.0. The normalized spacial score (nSPS) is 14.9. The number of H-pyrrole nitrogens is 1. The number of amides is 3. The van der Waals surface area contributed by atoms with Gasteiger partial charge < -0.3 is 15.0 Å². The van der Waals surface area contributed by atoms with E-state index >= 15 is 0 Å². The highest BCUT2D eigenvalue weighted by molar-refractivity contribution is 8.18. The largest absolute Gasteiger partial charge is 0.465 e. The average molecular weight is 459 g/mol. The molecule has 1 fully saturated rings. The highest BCUT2D eigenvalue weighted by Crippen LogP contribution is 2.32. The number of imide groups is 1. The second kappa shape index (κ2) is 9.82. The number of nitrogens with one attached hydrogen (secondary N) is 2. The minimum atomic E-state index is -0.527. The monoisotopic (exact) mass is 459 g/mol. The van der Waals surface area contributed by atoms with Gasteiger partial charge in [0.15, 0.2) is 0 Å². The molecule has 0 spiro atoms. The molecule has 1 aliphatic rings. The molecule has 10 heteroatoms. The highest BCUT2D eigenvalue weighted by Gasteiger charge is 2.34. The van der Waals surface area contributed by atoms with Crippen LogP contribution in [-0.4, -0.2) is 53.1 Å². The molecule has 3 amide bonds. The number of carbonyl (C=O) groups excluding carboxylic acids is 4. The van der Waals surface area contributed by atoms with Gasteiger partial charge in [0, 0.05) is 18.8 Å². The molecule has 3 rings (SSSR count). The number of benzene rings is 1. The summed E-state index contributed by atoms with van der Waals surface area (Å²) >= 11 is 0.787. The summed E-state index contributed by atoms with van der Waals surface area (Å²) in [5.41, 5.74) is 2.22. The number of thioether (sulfide) groups is 1. The number of rotatable bonds is 7. The topological polar surface area (TPSA) is 109 Å². The van der Waals surface area contributed by atoms with Gasteiger partial charge in [-0.1, -0.05) is 19.1 Å². The second-order valence-electron chi connectivity index (χ2n) is 6.96. The predicted octanol–water partition coefficient (Wildman–Crippen LogP) is 3.28. The third-order valence-corrected chi connectivity index (χ3v) is 5.87. The van der Waals surface area contributed by atoms with Gasteiger partial charge in [-0.15, -0.1) is 0 Å². The molecule has 1 aromatic heterocycles. The van der Waals surface area contributed by atoms with Crippen molar-refractivity contribution in [2.45, 2.75) is 20.3 Å². The van der Waals surface area contributed by atoms with Crippen LogP contribution >= 0.6 is 11.8 Å². The summed E-state index contributed by atoms with van der Waals surface area (Å²) in [6, 6.07) is 5.55. The number of esters is 1. The summed E-state index contributed by atoms with van der Waals surface area (Å²) in [4.78, 5) is 53.6. The van der Waals surface area contributed by atoms with Gasteiger partial charge in [0.2, 0.25) is 0 Å². The van der Waals surface area contributed by atoms with Crippen molar-refractivity contribution in [1.82, 2.24) is 15.2 Å². The Morgan fingerprint density at radius 2 is 1.94 bits per heavy atom. The molecule has 32 heavy (non-hydrogen) atoms. The molecule has 8 nitrogen and oxygen atoms in total. The fraction of sp³-hybridized carbons (Fsp3) is 0.273. The van der Waals surface area contributed by atoms with Crippen LogP contribution in [0.3, 0.4) is 0 Å². The molecule has 2 N–H and O–H groups in total. The van der Waals surface area contributed by atoms with Crippen molar-refractivity contribution >= 4 is 40.9 Å². The quantitative estimate of drug-likeness (QED) is 0.486. The van der Waals surface area contributed by atoms with Gasteiger partial charge in [-0.25, -0.2) is 9.18 Å². The van der Waals surface area contributed by atoms with Crippen molar-refractivity contribution in [2.24, 2.45) is 0 Å². The first-order valence-corrected chi connectivity index (χ1v) is 10.7. The predicted molar refractivity (Wildman–Crippen MR) is 118 cm³/mol. The van der Waals surface area contributed by atoms with Crippen molar-refractivity contribution in [3.8, 4) is 0 Å². The van der Waals surface area contributed by atoms with Crippen LogP contribution in [0.5, 0.6) is 0 Å². The number of aromatic nitrogens is 1. The van der Waals surface area contributed by atoms with Gasteiger partial charge in [0.1, 0.15) is 11.5 Å². The van der Waals surface area contributed by atoms with Crippen LogP contribution in [-0.2, 0) is 16.0 Å². The van der Waals surface area contributed by atoms with Gasteiger partial charge in [-0.05, 0) is 54.4 Å². The molecule has 0 bridgehead atoms. The fourth-order valence-corrected chi connectivity index (χ4v) is 4.17. The third-order valence-electron chi connectivity index (χ3n) is 4.96. The molecule has 1 aromatic carbocycles. The zero-order valence-electron chi connectivity index (χ0n) is 17.8. The number of hydrogen-bond acceptors (Lipinski definition) is 6. The molecule has 1 aliphatic heterocycles. The van der Waals surface area contributed by atoms with E-state index in [1.165, 1.54) is 37.5 Å². The Morgan fingerprint density at radius 3 is 2.56 bits per heavy atom. The molecular weight excluding hydrogens is 437 g/mol. The van der Waals surface area contributed by atoms with Crippen molar-refractivity contribution in [3.05, 3.63) is 63.1 Å². The lowest BCUT2D eigenvalue weighted by molar-refractivity contribution is -0.122. The summed E-state index contributed by atoms with van der Waals surface area (Å²) in [6.07, 6.45) is 2.03. The minimum Gasteiger partial charge on any atom is -0.465 e. The van der Waals surface area contributed by atoms with Gasteiger partial charge in [0.05, 0.1) is 17.6 Å². The first kappa shape index (κ1) is 23.3. The number of ether oxygens (including phenoxy) is 1. The molecule has 0 saturated carbocycles. The second-order valence-corrected chi connectivity index (χ2v) is 7.96. The van der Waals surface area contributed by atoms with Crippen LogP contribution in [0.1, 0.15) is 44.6 Å². The van der Waals surface area contributed by atoms with Crippen molar-refractivity contribution in [2.75, 3.05) is 20.2 Å². The number of hydrogen-bond donors (Lipinski definition) is 2. The van der Waals surface area contributed by atoms with Crippen LogP contribution in [0, 0.1) is 12.7 Å². The first-order chi connectivity index (χ1) is 15.3. The van der Waals surface area contributed by atoms with Crippen LogP contribution in [0.2, 0.25) is 0 Å². The van der Waals surface area contributed by atoms with E-state index in [9.17, 15) is 23.6 Å². The van der Waals surface area contributed by atoms with E-state index in [2.05, 4.69) is 10.3 Å². The van der Waals surface area contributed by atoms with Gasteiger partial charge in [-0.3, -0.25) is 19.3 Å². The van der Waals surface area contributed by atoms with E-state index in [1.807, 2.05) is 6.92 Å². The number of nitrogens with zero attached hydrogens (tertiary/aromatic N) is 1. The Balaban J connectivity index is 1.64. The number of aromatic amines is 1. The Bertz CT molecular complexity index is 1110. The van der Waals surface area contributed by atoms with Crippen LogP contribution in [0.25, 0.3) is 6.08 Å². The summed E-state index contributed by atoms with van der Waals surface area (Å²) in [5.74, 6) is -1.86. The van der Waals surface area contributed by atoms with Crippen molar-refractivity contribution < 1.29 is 28.3 Å². The van der Waals surface area contributed by atoms with Gasteiger partial charge in [0.25, 0.3) is 17.1 Å². The van der Waals surface area contributed by atoms with E-state index < -0.39 is 28.8 Å². The van der Waals surface area contributed by atoms with Gasteiger partial charge in [-0.2, -0.15) is 0 Å². The van der Waals surface area contributed by atoms with E-state index in [1.54, 1.807) is 6.92 Å². The molecule has 0 unspecified atom stereocenters. The Morgan fingerprint density at radius 1 is 1.25 bits per heavy atom. The Labute approximate surface area is 188 Å². The van der Waals surface area contributed by atoms with Crippen molar-refractivity contribution in [3.63, 3.8) is 0 Å². The van der Waals surface area contributed by atoms with E-state index in [-0.39, 0.29) is 23.7 Å². The van der Waals surface area contributed by atoms with Crippen LogP contribution in [0.4, 0.5) is 9.18 Å². The van der Waals surface area contributed by atoms with Crippen molar-refractivity contribution in [1.29, 1.82) is 0 Å². The molecule has 0 atom stereocenters. The lowest BCUT2D eigenvalue weighted by Gasteiger charge is -2.13. The fourth-order valence-electron chi connectivity index (χ4n) is 3.30. The van der Waals surface area contributed by atoms with E-state index in [0.717, 1.165) is 16.7 Å². The number of halogens is 1. The Kier molecular flexibility index (Phi) is 7.14. The standard InChI is InChI=1S/C22H22FN3O5S/c1-4-15-17(21(29)31-3)12(2)18(25-15)19(27)24-9-10-26-20(28)16(32-22(26)30)11-13-5-7-14(23)8-6-13/h5-8,11,25H,4,9-10H2,1-3H3,(H,24,27)/b16-11-. The summed E-state index contributed by atoms with van der Waals surface area (Å²) in [7, 11) is 1.27.